The summed E-state index contributed by atoms with van der Waals surface area (Å²) in [5.74, 6) is 0. The summed E-state index contributed by atoms with van der Waals surface area (Å²) in [6.45, 7) is 0. The lowest BCUT2D eigenvalue weighted by atomic mass is 9.70. The molecular weight excluding hydrogens is 421 g/mol. The molecule has 0 unspecified atom stereocenters. The molecule has 0 aliphatic rings. The summed E-state index contributed by atoms with van der Waals surface area (Å²) in [6, 6.07) is 3.91. The van der Waals surface area contributed by atoms with Crippen LogP contribution in [0.1, 0.15) is 31.8 Å². The molecule has 2 rings (SSSR count). The van der Waals surface area contributed by atoms with Gasteiger partial charge in [-0.3, -0.25) is 9.59 Å². The Kier molecular flexibility index (Phi) is 5.64. The first-order valence-corrected chi connectivity index (χ1v) is 7.79. The van der Waals surface area contributed by atoms with Crippen molar-refractivity contribution in [1.29, 1.82) is 0 Å². The van der Waals surface area contributed by atoms with Crippen molar-refractivity contribution < 1.29 is 35.9 Å². The Balaban J connectivity index is 3.12. The molecule has 0 heterocycles. The highest BCUT2D eigenvalue weighted by Crippen LogP contribution is 2.57. The van der Waals surface area contributed by atoms with E-state index in [4.69, 9.17) is 23.2 Å². The van der Waals surface area contributed by atoms with E-state index in [1.54, 1.807) is 0 Å². The molecule has 10 heteroatoms. The van der Waals surface area contributed by atoms with Crippen molar-refractivity contribution in [3.8, 4) is 0 Å². The van der Waals surface area contributed by atoms with Gasteiger partial charge in [0.25, 0.3) is 0 Å². The Morgan fingerprint density at radius 2 is 1.00 bits per heavy atom. The van der Waals surface area contributed by atoms with Crippen LogP contribution in [0.3, 0.4) is 0 Å². The summed E-state index contributed by atoms with van der Waals surface area (Å²) >= 11 is 11.2. The van der Waals surface area contributed by atoms with Crippen LogP contribution in [-0.2, 0) is 5.41 Å². The fourth-order valence-electron chi connectivity index (χ4n) is 2.86. The van der Waals surface area contributed by atoms with Gasteiger partial charge in [-0.05, 0) is 35.4 Å². The smallest absolute Gasteiger partial charge is 0.298 e. The molecular formula is C17H8Cl2F6O2. The van der Waals surface area contributed by atoms with Crippen LogP contribution in [0, 0.1) is 0 Å². The Morgan fingerprint density at radius 1 is 0.667 bits per heavy atom. The lowest BCUT2D eigenvalue weighted by molar-refractivity contribution is -0.288. The molecule has 0 bridgehead atoms. The Morgan fingerprint density at radius 3 is 1.26 bits per heavy atom. The van der Waals surface area contributed by atoms with Crippen LogP contribution >= 0.6 is 23.2 Å². The third-order valence-corrected chi connectivity index (χ3v) is 4.41. The molecule has 2 aromatic rings. The monoisotopic (exact) mass is 428 g/mol. The van der Waals surface area contributed by atoms with Crippen molar-refractivity contribution in [1.82, 2.24) is 0 Å². The molecule has 2 aromatic carbocycles. The molecule has 0 saturated carbocycles. The summed E-state index contributed by atoms with van der Waals surface area (Å²) < 4.78 is 84.4. The normalized spacial score (nSPS) is 12.7. The largest absolute Gasteiger partial charge is 0.411 e. The summed E-state index contributed by atoms with van der Waals surface area (Å²) in [5, 5.41) is -0.461. The van der Waals surface area contributed by atoms with Crippen LogP contribution in [0.2, 0.25) is 10.0 Å². The summed E-state index contributed by atoms with van der Waals surface area (Å²) in [6.07, 6.45) is -12.2. The van der Waals surface area contributed by atoms with Crippen LogP contribution < -0.4 is 0 Å². The van der Waals surface area contributed by atoms with E-state index >= 15 is 0 Å². The number of carbonyl (C=O) groups excluding carboxylic acids is 2. The van der Waals surface area contributed by atoms with Gasteiger partial charge in [-0.15, -0.1) is 0 Å². The van der Waals surface area contributed by atoms with Crippen molar-refractivity contribution in [2.45, 2.75) is 17.8 Å². The lowest BCUT2D eigenvalue weighted by Gasteiger charge is -2.39. The van der Waals surface area contributed by atoms with Crippen molar-refractivity contribution in [2.75, 3.05) is 0 Å². The van der Waals surface area contributed by atoms with Gasteiger partial charge in [0.15, 0.2) is 0 Å². The number of carbonyl (C=O) groups is 2. The molecule has 0 fully saturated rings. The Bertz CT molecular complexity index is 816. The Labute approximate surface area is 158 Å². The number of aldehydes is 2. The number of hydrogen-bond donors (Lipinski definition) is 0. The fraction of sp³-hybridized carbons (Fsp3) is 0.176. The van der Waals surface area contributed by atoms with Gasteiger partial charge in [0, 0.05) is 21.2 Å². The second-order valence-corrected chi connectivity index (χ2v) is 6.32. The van der Waals surface area contributed by atoms with Crippen LogP contribution in [0.5, 0.6) is 0 Å². The molecule has 0 radical (unpaired) electrons. The number of halogens is 8. The molecule has 0 spiro atoms. The molecule has 144 valence electrons. The van der Waals surface area contributed by atoms with Crippen LogP contribution in [0.4, 0.5) is 26.3 Å². The van der Waals surface area contributed by atoms with Crippen molar-refractivity contribution >= 4 is 35.8 Å². The number of benzene rings is 2. The third kappa shape index (κ3) is 3.43. The standard InChI is InChI=1S/C17H8Cl2F6O2/c18-11-1-3-13(9(5-11)7-26)15(16(20,21)22,17(23,24)25)14-4-2-12(19)6-10(14)8-27/h1-8H. The van der Waals surface area contributed by atoms with Crippen molar-refractivity contribution in [2.24, 2.45) is 0 Å². The average Bonchev–Trinajstić information content (AvgIpc) is 2.55. The maximum absolute atomic E-state index is 14.1. The van der Waals surface area contributed by atoms with Gasteiger partial charge in [0.2, 0.25) is 5.41 Å². The van der Waals surface area contributed by atoms with E-state index < -0.39 is 40.0 Å². The number of hydrogen-bond acceptors (Lipinski definition) is 2. The number of alkyl halides is 6. The van der Waals surface area contributed by atoms with E-state index in [1.807, 2.05) is 0 Å². The highest BCUT2D eigenvalue weighted by molar-refractivity contribution is 6.31. The van der Waals surface area contributed by atoms with Gasteiger partial charge in [0.1, 0.15) is 12.6 Å². The fourth-order valence-corrected chi connectivity index (χ4v) is 3.22. The minimum Gasteiger partial charge on any atom is -0.298 e. The minimum absolute atomic E-state index is 0.163. The maximum atomic E-state index is 14.1. The second-order valence-electron chi connectivity index (χ2n) is 5.44. The van der Waals surface area contributed by atoms with Crippen LogP contribution in [-0.4, -0.2) is 24.9 Å². The summed E-state index contributed by atoms with van der Waals surface area (Å²) in [5.41, 5.74) is -9.27. The van der Waals surface area contributed by atoms with Gasteiger partial charge in [-0.2, -0.15) is 26.3 Å². The summed E-state index contributed by atoms with van der Waals surface area (Å²) in [7, 11) is 0. The molecule has 0 N–H and O–H groups in total. The zero-order valence-corrected chi connectivity index (χ0v) is 14.5. The zero-order chi connectivity index (χ0) is 20.6. The summed E-state index contributed by atoms with van der Waals surface area (Å²) in [4.78, 5) is 22.5. The SMILES string of the molecule is O=Cc1cc(Cl)ccc1C(c1ccc(Cl)cc1C=O)(C(F)(F)F)C(F)(F)F. The predicted octanol–water partition coefficient (Wildman–Crippen LogP) is 6.03. The molecule has 0 saturated heterocycles. The molecule has 0 aliphatic carbocycles. The second kappa shape index (κ2) is 7.16. The van der Waals surface area contributed by atoms with E-state index in [2.05, 4.69) is 0 Å². The van der Waals surface area contributed by atoms with Gasteiger partial charge in [-0.25, -0.2) is 0 Å². The first-order valence-electron chi connectivity index (χ1n) is 7.04. The zero-order valence-electron chi connectivity index (χ0n) is 13.0. The van der Waals surface area contributed by atoms with Gasteiger partial charge < -0.3 is 0 Å². The first-order chi connectivity index (χ1) is 12.4. The highest BCUT2D eigenvalue weighted by atomic mass is 35.5. The average molecular weight is 429 g/mol. The van der Waals surface area contributed by atoms with E-state index in [0.29, 0.717) is 24.3 Å². The lowest BCUT2D eigenvalue weighted by Crippen LogP contribution is -2.55. The van der Waals surface area contributed by atoms with Crippen LogP contribution in [0.15, 0.2) is 36.4 Å². The molecule has 0 aromatic heterocycles. The third-order valence-electron chi connectivity index (χ3n) is 3.94. The number of rotatable bonds is 4. The maximum Gasteiger partial charge on any atom is 0.411 e. The molecule has 27 heavy (non-hydrogen) atoms. The molecule has 0 amide bonds. The molecule has 0 aliphatic heterocycles. The van der Waals surface area contributed by atoms with Crippen molar-refractivity contribution in [3.63, 3.8) is 0 Å². The predicted molar refractivity (Wildman–Crippen MR) is 86.6 cm³/mol. The minimum atomic E-state index is -5.96. The molecule has 2 nitrogen and oxygen atoms in total. The quantitative estimate of drug-likeness (QED) is 0.440. The van der Waals surface area contributed by atoms with Crippen molar-refractivity contribution in [3.05, 3.63) is 68.7 Å². The topological polar surface area (TPSA) is 34.1 Å². The molecule has 0 atom stereocenters. The van der Waals surface area contributed by atoms with E-state index in [0.717, 1.165) is 12.1 Å². The Hall–Kier alpha value is -2.06. The van der Waals surface area contributed by atoms with Gasteiger partial charge in [0.05, 0.1) is 0 Å². The van der Waals surface area contributed by atoms with E-state index in [1.165, 1.54) is 0 Å². The van der Waals surface area contributed by atoms with E-state index in [-0.39, 0.29) is 22.6 Å². The van der Waals surface area contributed by atoms with E-state index in [9.17, 15) is 35.9 Å². The van der Waals surface area contributed by atoms with Crippen LogP contribution in [0.25, 0.3) is 0 Å². The first kappa shape index (κ1) is 21.2. The highest BCUT2D eigenvalue weighted by Gasteiger charge is 2.73. The van der Waals surface area contributed by atoms with Gasteiger partial charge in [-0.1, -0.05) is 35.3 Å². The van der Waals surface area contributed by atoms with Gasteiger partial charge >= 0.3 is 12.4 Å².